The highest BCUT2D eigenvalue weighted by Gasteiger charge is 2.21. The molecule has 0 saturated heterocycles. The number of nitrogens with zero attached hydrogens (tertiary/aromatic N) is 1. The summed E-state index contributed by atoms with van der Waals surface area (Å²) in [4.78, 5) is 0. The molecule has 21 heavy (non-hydrogen) atoms. The van der Waals surface area contributed by atoms with Crippen LogP contribution < -0.4 is 5.32 Å². The molecule has 2 N–H and O–H groups in total. The summed E-state index contributed by atoms with van der Waals surface area (Å²) in [5, 5.41) is 13.0. The molecule has 1 aromatic heterocycles. The molecular formula is C14H26N2O4S. The fourth-order valence-electron chi connectivity index (χ4n) is 2.11. The Kier molecular flexibility index (Phi) is 6.86. The van der Waals surface area contributed by atoms with E-state index in [1.807, 2.05) is 0 Å². The van der Waals surface area contributed by atoms with Gasteiger partial charge in [-0.05, 0) is 18.1 Å². The van der Waals surface area contributed by atoms with E-state index >= 15 is 0 Å². The van der Waals surface area contributed by atoms with Crippen molar-refractivity contribution in [3.05, 3.63) is 17.9 Å². The van der Waals surface area contributed by atoms with E-state index in [1.54, 1.807) is 6.07 Å². The molecule has 1 heterocycles. The van der Waals surface area contributed by atoms with Crippen LogP contribution in [0.1, 0.15) is 32.4 Å². The van der Waals surface area contributed by atoms with Gasteiger partial charge in [0.2, 0.25) is 5.09 Å². The quantitative estimate of drug-likeness (QED) is 0.719. The van der Waals surface area contributed by atoms with Gasteiger partial charge in [0, 0.05) is 20.6 Å². The zero-order valence-corrected chi connectivity index (χ0v) is 14.0. The van der Waals surface area contributed by atoms with Crippen LogP contribution in [0.4, 0.5) is 0 Å². The monoisotopic (exact) mass is 318 g/mol. The molecule has 122 valence electrons. The summed E-state index contributed by atoms with van der Waals surface area (Å²) in [7, 11) is -0.609. The van der Waals surface area contributed by atoms with Crippen molar-refractivity contribution in [2.45, 2.75) is 44.4 Å². The van der Waals surface area contributed by atoms with Gasteiger partial charge in [0.1, 0.15) is 5.76 Å². The summed E-state index contributed by atoms with van der Waals surface area (Å²) in [5.74, 6) is 0.811. The van der Waals surface area contributed by atoms with E-state index in [0.717, 1.165) is 17.1 Å². The fraction of sp³-hybridized carbons (Fsp3) is 0.714. The topological polar surface area (TPSA) is 82.8 Å². The summed E-state index contributed by atoms with van der Waals surface area (Å²) >= 11 is 0. The van der Waals surface area contributed by atoms with Gasteiger partial charge in [-0.3, -0.25) is 0 Å². The molecule has 0 aliphatic heterocycles. The van der Waals surface area contributed by atoms with Crippen LogP contribution in [0.25, 0.3) is 0 Å². The molecule has 0 saturated carbocycles. The minimum Gasteiger partial charge on any atom is -0.447 e. The van der Waals surface area contributed by atoms with E-state index in [0.29, 0.717) is 18.8 Å². The predicted molar refractivity (Wildman–Crippen MR) is 81.4 cm³/mol. The summed E-state index contributed by atoms with van der Waals surface area (Å²) in [6, 6.07) is 3.08. The van der Waals surface area contributed by atoms with Crippen molar-refractivity contribution >= 4 is 10.0 Å². The van der Waals surface area contributed by atoms with Crippen LogP contribution in [-0.4, -0.2) is 44.6 Å². The zero-order valence-electron chi connectivity index (χ0n) is 13.2. The molecule has 1 unspecified atom stereocenters. The van der Waals surface area contributed by atoms with E-state index in [1.165, 1.54) is 20.2 Å². The number of nitrogens with one attached hydrogen (secondary N) is 1. The summed E-state index contributed by atoms with van der Waals surface area (Å²) < 4.78 is 30.2. The number of sulfonamides is 1. The van der Waals surface area contributed by atoms with Crippen LogP contribution in [0.15, 0.2) is 21.6 Å². The average Bonchev–Trinajstić information content (AvgIpc) is 2.89. The van der Waals surface area contributed by atoms with Gasteiger partial charge in [-0.25, -0.2) is 12.7 Å². The van der Waals surface area contributed by atoms with Crippen LogP contribution in [-0.2, 0) is 16.6 Å². The molecule has 0 aliphatic carbocycles. The molecule has 1 rings (SSSR count). The Hall–Kier alpha value is -0.890. The predicted octanol–water partition coefficient (Wildman–Crippen LogP) is 1.42. The Morgan fingerprint density at radius 2 is 1.90 bits per heavy atom. The SMILES string of the molecule is CCC(CC)C(O)CNCc1ccc(S(=O)(=O)N(C)C)o1. The van der Waals surface area contributed by atoms with Gasteiger partial charge in [-0.2, -0.15) is 0 Å². The van der Waals surface area contributed by atoms with E-state index in [-0.39, 0.29) is 11.0 Å². The van der Waals surface area contributed by atoms with Crippen molar-refractivity contribution in [2.24, 2.45) is 5.92 Å². The molecule has 0 radical (unpaired) electrons. The normalized spacial score (nSPS) is 14.0. The third-order valence-corrected chi connectivity index (χ3v) is 5.31. The Bertz CT molecular complexity index is 521. The van der Waals surface area contributed by atoms with E-state index in [2.05, 4.69) is 19.2 Å². The van der Waals surface area contributed by atoms with Crippen LogP contribution in [0, 0.1) is 5.92 Å². The van der Waals surface area contributed by atoms with Crippen molar-refractivity contribution in [1.29, 1.82) is 0 Å². The second-order valence-electron chi connectivity index (χ2n) is 5.28. The smallest absolute Gasteiger partial charge is 0.275 e. The molecule has 0 fully saturated rings. The van der Waals surface area contributed by atoms with Gasteiger partial charge in [0.15, 0.2) is 0 Å². The summed E-state index contributed by atoms with van der Waals surface area (Å²) in [6.07, 6.45) is 1.47. The number of hydrogen-bond donors (Lipinski definition) is 2. The maximum atomic E-state index is 11.9. The number of aliphatic hydroxyl groups is 1. The standard InChI is InChI=1S/C14H26N2O4S/c1-5-11(6-2)13(17)10-15-9-12-7-8-14(20-12)21(18,19)16(3)4/h7-8,11,13,15,17H,5-6,9-10H2,1-4H3. The lowest BCUT2D eigenvalue weighted by Crippen LogP contribution is -2.32. The van der Waals surface area contributed by atoms with Crippen molar-refractivity contribution in [1.82, 2.24) is 9.62 Å². The van der Waals surface area contributed by atoms with Gasteiger partial charge in [0.25, 0.3) is 10.0 Å². The van der Waals surface area contributed by atoms with E-state index in [4.69, 9.17) is 4.42 Å². The maximum absolute atomic E-state index is 11.9. The molecule has 1 aromatic rings. The largest absolute Gasteiger partial charge is 0.447 e. The molecule has 1 atom stereocenters. The lowest BCUT2D eigenvalue weighted by Gasteiger charge is -2.20. The van der Waals surface area contributed by atoms with Gasteiger partial charge in [-0.1, -0.05) is 26.7 Å². The highest BCUT2D eigenvalue weighted by atomic mass is 32.2. The van der Waals surface area contributed by atoms with Crippen molar-refractivity contribution < 1.29 is 17.9 Å². The Morgan fingerprint density at radius 1 is 1.29 bits per heavy atom. The van der Waals surface area contributed by atoms with Crippen molar-refractivity contribution in [3.8, 4) is 0 Å². The lowest BCUT2D eigenvalue weighted by atomic mass is 9.96. The second kappa shape index (κ2) is 7.93. The van der Waals surface area contributed by atoms with E-state index < -0.39 is 16.1 Å². The van der Waals surface area contributed by atoms with Gasteiger partial charge in [-0.15, -0.1) is 0 Å². The Labute approximate surface area is 127 Å². The fourth-order valence-corrected chi connectivity index (χ4v) is 2.93. The first-order valence-corrected chi connectivity index (χ1v) is 8.66. The molecule has 0 spiro atoms. The van der Waals surface area contributed by atoms with Gasteiger partial charge >= 0.3 is 0 Å². The zero-order chi connectivity index (χ0) is 16.0. The highest BCUT2D eigenvalue weighted by molar-refractivity contribution is 7.88. The molecule has 6 nitrogen and oxygen atoms in total. The van der Waals surface area contributed by atoms with E-state index in [9.17, 15) is 13.5 Å². The van der Waals surface area contributed by atoms with Crippen LogP contribution in [0.5, 0.6) is 0 Å². The first-order chi connectivity index (χ1) is 9.82. The number of aliphatic hydroxyl groups excluding tert-OH is 1. The first kappa shape index (κ1) is 18.2. The molecule has 0 amide bonds. The van der Waals surface area contributed by atoms with Crippen molar-refractivity contribution in [2.75, 3.05) is 20.6 Å². The molecule has 0 bridgehead atoms. The van der Waals surface area contributed by atoms with Crippen LogP contribution >= 0.6 is 0 Å². The Morgan fingerprint density at radius 3 is 2.43 bits per heavy atom. The first-order valence-electron chi connectivity index (χ1n) is 7.22. The minimum atomic E-state index is -3.53. The highest BCUT2D eigenvalue weighted by Crippen LogP contribution is 2.17. The number of furan rings is 1. The van der Waals surface area contributed by atoms with Crippen molar-refractivity contribution in [3.63, 3.8) is 0 Å². The number of hydrogen-bond acceptors (Lipinski definition) is 5. The summed E-state index contributed by atoms with van der Waals surface area (Å²) in [6.45, 7) is 4.97. The summed E-state index contributed by atoms with van der Waals surface area (Å²) in [5.41, 5.74) is 0. The minimum absolute atomic E-state index is 0.0650. The third-order valence-electron chi connectivity index (χ3n) is 3.62. The van der Waals surface area contributed by atoms with Gasteiger partial charge < -0.3 is 14.8 Å². The molecule has 7 heteroatoms. The lowest BCUT2D eigenvalue weighted by molar-refractivity contribution is 0.101. The molecular weight excluding hydrogens is 292 g/mol. The van der Waals surface area contributed by atoms with Crippen LogP contribution in [0.2, 0.25) is 0 Å². The number of rotatable bonds is 9. The average molecular weight is 318 g/mol. The third kappa shape index (κ3) is 4.81. The maximum Gasteiger partial charge on any atom is 0.275 e. The van der Waals surface area contributed by atoms with Crippen LogP contribution in [0.3, 0.4) is 0 Å². The van der Waals surface area contributed by atoms with Gasteiger partial charge in [0.05, 0.1) is 12.6 Å². The Balaban J connectivity index is 2.53. The second-order valence-corrected chi connectivity index (χ2v) is 7.37. The molecule has 0 aliphatic rings. The molecule has 0 aromatic carbocycles.